The molecule has 1 atom stereocenters. The molecule has 1 rings (SSSR count). The standard InChI is InChI=1S/C6H5ClF3NS.ClH/c7-3-1-2-12-4(3)5(11)6(8,9)10;/h1-2,5H,11H2;1H/t5-;/m0./s1. The fraction of sp³-hybridized carbons (Fsp3) is 0.333. The second-order valence-corrected chi connectivity index (χ2v) is 3.51. The van der Waals surface area contributed by atoms with Crippen molar-refractivity contribution in [1.82, 2.24) is 0 Å². The van der Waals surface area contributed by atoms with Gasteiger partial charge in [-0.25, -0.2) is 0 Å². The van der Waals surface area contributed by atoms with E-state index in [4.69, 9.17) is 17.3 Å². The topological polar surface area (TPSA) is 26.0 Å². The van der Waals surface area contributed by atoms with E-state index < -0.39 is 12.2 Å². The third kappa shape index (κ3) is 3.02. The van der Waals surface area contributed by atoms with Gasteiger partial charge in [0.1, 0.15) is 6.04 Å². The molecule has 13 heavy (non-hydrogen) atoms. The van der Waals surface area contributed by atoms with Crippen LogP contribution in [0.25, 0.3) is 0 Å². The van der Waals surface area contributed by atoms with E-state index >= 15 is 0 Å². The minimum atomic E-state index is -4.42. The lowest BCUT2D eigenvalue weighted by Crippen LogP contribution is -2.27. The highest BCUT2D eigenvalue weighted by Crippen LogP contribution is 2.36. The maximum absolute atomic E-state index is 12.0. The molecule has 76 valence electrons. The fourth-order valence-corrected chi connectivity index (χ4v) is 1.88. The van der Waals surface area contributed by atoms with E-state index in [2.05, 4.69) is 0 Å². The van der Waals surface area contributed by atoms with Crippen LogP contribution in [-0.4, -0.2) is 6.18 Å². The second kappa shape index (κ2) is 4.50. The maximum Gasteiger partial charge on any atom is 0.408 e. The third-order valence-corrected chi connectivity index (χ3v) is 2.72. The van der Waals surface area contributed by atoms with Gasteiger partial charge in [0.2, 0.25) is 0 Å². The van der Waals surface area contributed by atoms with Gasteiger partial charge < -0.3 is 5.73 Å². The highest BCUT2D eigenvalue weighted by Gasteiger charge is 2.39. The Kier molecular flexibility index (Phi) is 4.51. The Morgan fingerprint density at radius 1 is 1.46 bits per heavy atom. The Morgan fingerprint density at radius 2 is 2.00 bits per heavy atom. The van der Waals surface area contributed by atoms with Crippen molar-refractivity contribution in [2.24, 2.45) is 5.73 Å². The first kappa shape index (κ1) is 13.0. The number of thiophene rings is 1. The Hall–Kier alpha value is 0.0300. The first-order valence-corrected chi connectivity index (χ1v) is 4.24. The normalized spacial score (nSPS) is 13.6. The lowest BCUT2D eigenvalue weighted by molar-refractivity contribution is -0.148. The number of alkyl halides is 3. The summed E-state index contributed by atoms with van der Waals surface area (Å²) in [5.74, 6) is 0. The summed E-state index contributed by atoms with van der Waals surface area (Å²) in [6.45, 7) is 0. The summed E-state index contributed by atoms with van der Waals surface area (Å²) in [6, 6.07) is -0.572. The molecule has 1 nitrogen and oxygen atoms in total. The number of halogens is 5. The summed E-state index contributed by atoms with van der Waals surface area (Å²) >= 11 is 6.38. The van der Waals surface area contributed by atoms with Crippen LogP contribution in [0.1, 0.15) is 10.9 Å². The van der Waals surface area contributed by atoms with Crippen molar-refractivity contribution in [3.63, 3.8) is 0 Å². The molecule has 0 radical (unpaired) electrons. The SMILES string of the molecule is Cl.N[C@@H](c1sccc1Cl)C(F)(F)F. The summed E-state index contributed by atoms with van der Waals surface area (Å²) in [5, 5.41) is 1.55. The number of nitrogens with two attached hydrogens (primary N) is 1. The van der Waals surface area contributed by atoms with Crippen LogP contribution in [0, 0.1) is 0 Å². The van der Waals surface area contributed by atoms with Gasteiger partial charge in [-0.2, -0.15) is 13.2 Å². The summed E-state index contributed by atoms with van der Waals surface area (Å²) in [7, 11) is 0. The van der Waals surface area contributed by atoms with E-state index in [0.717, 1.165) is 11.3 Å². The van der Waals surface area contributed by atoms with E-state index in [1.54, 1.807) is 0 Å². The molecule has 0 bridgehead atoms. The first-order valence-electron chi connectivity index (χ1n) is 2.98. The van der Waals surface area contributed by atoms with E-state index in [0.29, 0.717) is 0 Å². The van der Waals surface area contributed by atoms with Crippen molar-refractivity contribution in [2.45, 2.75) is 12.2 Å². The van der Waals surface area contributed by atoms with Crippen molar-refractivity contribution < 1.29 is 13.2 Å². The zero-order chi connectivity index (χ0) is 9.35. The second-order valence-electron chi connectivity index (χ2n) is 2.15. The Balaban J connectivity index is 0.00000144. The molecule has 0 spiro atoms. The zero-order valence-corrected chi connectivity index (χ0v) is 8.53. The number of hydrogen-bond acceptors (Lipinski definition) is 2. The molecule has 1 heterocycles. The lowest BCUT2D eigenvalue weighted by atomic mass is 10.2. The molecule has 1 aromatic rings. The molecule has 0 fully saturated rings. The van der Waals surface area contributed by atoms with Crippen LogP contribution in [0.2, 0.25) is 5.02 Å². The van der Waals surface area contributed by atoms with Crippen molar-refractivity contribution in [3.8, 4) is 0 Å². The molecule has 0 unspecified atom stereocenters. The van der Waals surface area contributed by atoms with E-state index in [1.807, 2.05) is 0 Å². The van der Waals surface area contributed by atoms with Crippen molar-refractivity contribution in [3.05, 3.63) is 21.3 Å². The van der Waals surface area contributed by atoms with Gasteiger partial charge in [-0.05, 0) is 11.4 Å². The maximum atomic E-state index is 12.0. The Morgan fingerprint density at radius 3 is 2.31 bits per heavy atom. The zero-order valence-electron chi connectivity index (χ0n) is 6.14. The summed E-state index contributed by atoms with van der Waals surface area (Å²) in [4.78, 5) is -0.0378. The Labute approximate surface area is 88.1 Å². The molecular formula is C6H6Cl2F3NS. The molecule has 0 saturated heterocycles. The van der Waals surface area contributed by atoms with Crippen LogP contribution in [0.3, 0.4) is 0 Å². The third-order valence-electron chi connectivity index (χ3n) is 1.28. The summed E-state index contributed by atoms with van der Waals surface area (Å²) in [5.41, 5.74) is 4.92. The van der Waals surface area contributed by atoms with E-state index in [9.17, 15) is 13.2 Å². The summed E-state index contributed by atoms with van der Waals surface area (Å²) in [6.07, 6.45) is -4.42. The van der Waals surface area contributed by atoms with E-state index in [1.165, 1.54) is 11.4 Å². The number of rotatable bonds is 1. The summed E-state index contributed by atoms with van der Waals surface area (Å²) < 4.78 is 36.0. The van der Waals surface area contributed by atoms with Gasteiger partial charge in [0, 0.05) is 4.88 Å². The molecule has 0 aliphatic rings. The highest BCUT2D eigenvalue weighted by atomic mass is 35.5. The highest BCUT2D eigenvalue weighted by molar-refractivity contribution is 7.10. The molecule has 1 aromatic heterocycles. The molecule has 0 amide bonds. The van der Waals surface area contributed by atoms with Crippen molar-refractivity contribution >= 4 is 35.3 Å². The molecule has 0 aromatic carbocycles. The first-order chi connectivity index (χ1) is 5.43. The van der Waals surface area contributed by atoms with E-state index in [-0.39, 0.29) is 22.3 Å². The van der Waals surface area contributed by atoms with Crippen molar-refractivity contribution in [1.29, 1.82) is 0 Å². The van der Waals surface area contributed by atoms with Gasteiger partial charge in [0.25, 0.3) is 0 Å². The van der Waals surface area contributed by atoms with Gasteiger partial charge in [-0.1, -0.05) is 11.6 Å². The Bertz CT molecular complexity index is 273. The average Bonchev–Trinajstić information content (AvgIpc) is 2.31. The molecule has 0 saturated carbocycles. The van der Waals surface area contributed by atoms with Crippen LogP contribution in [-0.2, 0) is 0 Å². The van der Waals surface area contributed by atoms with Crippen LogP contribution in [0.15, 0.2) is 11.4 Å². The molecule has 2 N–H and O–H groups in total. The lowest BCUT2D eigenvalue weighted by Gasteiger charge is -2.13. The van der Waals surface area contributed by atoms with Crippen LogP contribution < -0.4 is 5.73 Å². The van der Waals surface area contributed by atoms with Crippen LogP contribution in [0.4, 0.5) is 13.2 Å². The predicted octanol–water partition coefficient (Wildman–Crippen LogP) is 3.39. The largest absolute Gasteiger partial charge is 0.408 e. The average molecular weight is 252 g/mol. The molecule has 0 aliphatic carbocycles. The minimum absolute atomic E-state index is 0. The molecule has 0 aliphatic heterocycles. The quantitative estimate of drug-likeness (QED) is 0.814. The predicted molar refractivity (Wildman–Crippen MR) is 49.6 cm³/mol. The van der Waals surface area contributed by atoms with Crippen molar-refractivity contribution in [2.75, 3.05) is 0 Å². The van der Waals surface area contributed by atoms with Gasteiger partial charge in [0.15, 0.2) is 0 Å². The monoisotopic (exact) mass is 251 g/mol. The van der Waals surface area contributed by atoms with Gasteiger partial charge in [-0.3, -0.25) is 0 Å². The van der Waals surface area contributed by atoms with Crippen LogP contribution >= 0.6 is 35.3 Å². The van der Waals surface area contributed by atoms with Gasteiger partial charge >= 0.3 is 6.18 Å². The van der Waals surface area contributed by atoms with Gasteiger partial charge in [-0.15, -0.1) is 23.7 Å². The molecular weight excluding hydrogens is 246 g/mol. The number of hydrogen-bond donors (Lipinski definition) is 1. The fourth-order valence-electron chi connectivity index (χ4n) is 0.676. The minimum Gasteiger partial charge on any atom is -0.316 e. The smallest absolute Gasteiger partial charge is 0.316 e. The van der Waals surface area contributed by atoms with Gasteiger partial charge in [0.05, 0.1) is 5.02 Å². The van der Waals surface area contributed by atoms with Crippen LogP contribution in [0.5, 0.6) is 0 Å². The molecule has 7 heteroatoms.